The summed E-state index contributed by atoms with van der Waals surface area (Å²) in [5, 5.41) is 0. The molecule has 0 heterocycles. The normalized spacial score (nSPS) is 12.6. The molecule has 0 radical (unpaired) electrons. The van der Waals surface area contributed by atoms with E-state index in [-0.39, 0.29) is 5.41 Å². The van der Waals surface area contributed by atoms with Crippen molar-refractivity contribution in [3.63, 3.8) is 0 Å². The average molecular weight is 378 g/mol. The van der Waals surface area contributed by atoms with Gasteiger partial charge in [0, 0.05) is 18.5 Å². The highest BCUT2D eigenvalue weighted by Gasteiger charge is 2.25. The minimum atomic E-state index is -3.54. The van der Waals surface area contributed by atoms with E-state index >= 15 is 0 Å². The molecule has 0 aliphatic carbocycles. The Morgan fingerprint density at radius 1 is 1.04 bits per heavy atom. The molecular formula is C20H27NO2S2. The number of thioether (sulfide) groups is 1. The predicted molar refractivity (Wildman–Crippen MR) is 107 cm³/mol. The summed E-state index contributed by atoms with van der Waals surface area (Å²) in [5.74, 6) is 0. The quantitative estimate of drug-likeness (QED) is 0.700. The van der Waals surface area contributed by atoms with Crippen LogP contribution >= 0.6 is 11.8 Å². The number of benzene rings is 2. The van der Waals surface area contributed by atoms with Crippen molar-refractivity contribution in [3.8, 4) is 0 Å². The van der Waals surface area contributed by atoms with Crippen molar-refractivity contribution in [2.24, 2.45) is 0 Å². The summed E-state index contributed by atoms with van der Waals surface area (Å²) in [6.45, 7) is 8.47. The van der Waals surface area contributed by atoms with E-state index in [1.807, 2.05) is 55.6 Å². The second-order valence-corrected chi connectivity index (χ2v) is 10.2. The van der Waals surface area contributed by atoms with Crippen LogP contribution in [0, 0.1) is 6.92 Å². The van der Waals surface area contributed by atoms with Crippen LogP contribution in [-0.2, 0) is 22.0 Å². The highest BCUT2D eigenvalue weighted by molar-refractivity contribution is 7.98. The molecule has 0 fully saturated rings. The molecule has 0 amide bonds. The molecule has 0 bridgehead atoms. The van der Waals surface area contributed by atoms with E-state index in [1.54, 1.807) is 18.8 Å². The van der Waals surface area contributed by atoms with E-state index in [0.29, 0.717) is 11.4 Å². The van der Waals surface area contributed by atoms with Gasteiger partial charge in [-0.2, -0.15) is 4.31 Å². The van der Waals surface area contributed by atoms with Gasteiger partial charge in [0.1, 0.15) is 0 Å². The van der Waals surface area contributed by atoms with Gasteiger partial charge in [0.25, 0.3) is 0 Å². The zero-order valence-electron chi connectivity index (χ0n) is 15.8. The molecule has 0 atom stereocenters. The molecule has 0 aliphatic rings. The van der Waals surface area contributed by atoms with Crippen molar-refractivity contribution in [3.05, 3.63) is 59.2 Å². The molecule has 136 valence electrons. The lowest BCUT2D eigenvalue weighted by Crippen LogP contribution is -2.27. The maximum atomic E-state index is 13.1. The number of hydrogen-bond acceptors (Lipinski definition) is 3. The first kappa shape index (κ1) is 20.0. The van der Waals surface area contributed by atoms with Gasteiger partial charge in [-0.05, 0) is 53.5 Å². The van der Waals surface area contributed by atoms with Gasteiger partial charge in [-0.1, -0.05) is 45.0 Å². The van der Waals surface area contributed by atoms with Crippen LogP contribution in [0.2, 0.25) is 0 Å². The lowest BCUT2D eigenvalue weighted by atomic mass is 9.87. The lowest BCUT2D eigenvalue weighted by molar-refractivity contribution is 0.465. The summed E-state index contributed by atoms with van der Waals surface area (Å²) in [5.41, 5.74) is 2.69. The molecular weight excluding hydrogens is 350 g/mol. The minimum Gasteiger partial charge on any atom is -0.207 e. The molecule has 0 aliphatic heterocycles. The summed E-state index contributed by atoms with van der Waals surface area (Å²) in [6.07, 6.45) is 2.02. The number of sulfonamides is 1. The number of nitrogens with zero attached hydrogens (tertiary/aromatic N) is 1. The fourth-order valence-electron chi connectivity index (χ4n) is 2.59. The molecule has 0 saturated carbocycles. The molecule has 2 aromatic carbocycles. The van der Waals surface area contributed by atoms with Crippen LogP contribution in [0.5, 0.6) is 0 Å². The summed E-state index contributed by atoms with van der Waals surface area (Å²) < 4.78 is 27.6. The fraction of sp³-hybridized carbons (Fsp3) is 0.400. The monoisotopic (exact) mass is 377 g/mol. The molecule has 0 saturated heterocycles. The number of aryl methyl sites for hydroxylation is 1. The van der Waals surface area contributed by atoms with Crippen molar-refractivity contribution < 1.29 is 8.42 Å². The first-order chi connectivity index (χ1) is 11.6. The Labute approximate surface area is 156 Å². The van der Waals surface area contributed by atoms with Gasteiger partial charge >= 0.3 is 0 Å². The van der Waals surface area contributed by atoms with E-state index in [0.717, 1.165) is 16.7 Å². The van der Waals surface area contributed by atoms with Gasteiger partial charge in [0.15, 0.2) is 0 Å². The van der Waals surface area contributed by atoms with Crippen LogP contribution in [0.25, 0.3) is 0 Å². The summed E-state index contributed by atoms with van der Waals surface area (Å²) >= 11 is 1.67. The summed E-state index contributed by atoms with van der Waals surface area (Å²) in [7, 11) is -1.90. The van der Waals surface area contributed by atoms with E-state index < -0.39 is 10.0 Å². The van der Waals surface area contributed by atoms with Gasteiger partial charge in [0.05, 0.1) is 4.90 Å². The Kier molecular flexibility index (Phi) is 6.02. The van der Waals surface area contributed by atoms with Crippen molar-refractivity contribution >= 4 is 21.8 Å². The Morgan fingerprint density at radius 3 is 2.16 bits per heavy atom. The first-order valence-corrected chi connectivity index (χ1v) is 10.9. The molecule has 2 aromatic rings. The standard InChI is InChI=1S/C20H27NO2S2/c1-15-7-10-17(20(2,3)4)13-19(15)25(22,23)21(5)14-16-8-11-18(24-6)12-9-16/h7-13H,14H2,1-6H3. The first-order valence-electron chi connectivity index (χ1n) is 8.26. The van der Waals surface area contributed by atoms with Gasteiger partial charge in [-0.25, -0.2) is 8.42 Å². The highest BCUT2D eigenvalue weighted by Crippen LogP contribution is 2.28. The molecule has 0 spiro atoms. The van der Waals surface area contributed by atoms with Crippen LogP contribution in [0.15, 0.2) is 52.3 Å². The predicted octanol–water partition coefficient (Wildman–Crippen LogP) is 4.84. The zero-order chi connectivity index (χ0) is 18.8. The largest absolute Gasteiger partial charge is 0.243 e. The van der Waals surface area contributed by atoms with E-state index in [1.165, 1.54) is 9.20 Å². The number of hydrogen-bond donors (Lipinski definition) is 0. The molecule has 3 nitrogen and oxygen atoms in total. The average Bonchev–Trinajstić information content (AvgIpc) is 2.54. The van der Waals surface area contributed by atoms with Crippen molar-refractivity contribution in [2.75, 3.05) is 13.3 Å². The molecule has 0 aromatic heterocycles. The molecule has 5 heteroatoms. The maximum Gasteiger partial charge on any atom is 0.243 e. The van der Waals surface area contributed by atoms with Gasteiger partial charge < -0.3 is 0 Å². The van der Waals surface area contributed by atoms with Crippen molar-refractivity contribution in [2.45, 2.75) is 49.4 Å². The minimum absolute atomic E-state index is 0.0931. The third-order valence-electron chi connectivity index (χ3n) is 4.31. The molecule has 0 unspecified atom stereocenters. The van der Waals surface area contributed by atoms with Crippen molar-refractivity contribution in [1.29, 1.82) is 0 Å². The second kappa shape index (κ2) is 7.52. The van der Waals surface area contributed by atoms with Crippen LogP contribution in [-0.4, -0.2) is 26.0 Å². The second-order valence-electron chi connectivity index (χ2n) is 7.34. The van der Waals surface area contributed by atoms with Crippen LogP contribution in [0.3, 0.4) is 0 Å². The molecule has 2 rings (SSSR count). The van der Waals surface area contributed by atoms with Gasteiger partial charge in [-0.15, -0.1) is 11.8 Å². The molecule has 0 N–H and O–H groups in total. The van der Waals surface area contributed by atoms with E-state index in [9.17, 15) is 8.42 Å². The molecule has 25 heavy (non-hydrogen) atoms. The highest BCUT2D eigenvalue weighted by atomic mass is 32.2. The van der Waals surface area contributed by atoms with Crippen LogP contribution in [0.4, 0.5) is 0 Å². The van der Waals surface area contributed by atoms with Gasteiger partial charge in [-0.3, -0.25) is 0 Å². The summed E-state index contributed by atoms with van der Waals surface area (Å²) in [6, 6.07) is 13.7. The maximum absolute atomic E-state index is 13.1. The van der Waals surface area contributed by atoms with E-state index in [4.69, 9.17) is 0 Å². The third kappa shape index (κ3) is 4.66. The topological polar surface area (TPSA) is 37.4 Å². The number of rotatable bonds is 5. The zero-order valence-corrected chi connectivity index (χ0v) is 17.5. The third-order valence-corrected chi connectivity index (χ3v) is 7.00. The SMILES string of the molecule is CSc1ccc(CN(C)S(=O)(=O)c2cc(C(C)(C)C)ccc2C)cc1. The lowest BCUT2D eigenvalue weighted by Gasteiger charge is -2.23. The van der Waals surface area contributed by atoms with Gasteiger partial charge in [0.2, 0.25) is 10.0 Å². The Morgan fingerprint density at radius 2 is 1.64 bits per heavy atom. The smallest absolute Gasteiger partial charge is 0.207 e. The van der Waals surface area contributed by atoms with E-state index in [2.05, 4.69) is 20.8 Å². The Hall–Kier alpha value is -1.30. The van der Waals surface area contributed by atoms with Crippen LogP contribution < -0.4 is 0 Å². The summed E-state index contributed by atoms with van der Waals surface area (Å²) in [4.78, 5) is 1.56. The Bertz CT molecular complexity index is 835. The van der Waals surface area contributed by atoms with Crippen molar-refractivity contribution in [1.82, 2.24) is 4.31 Å². The fourth-order valence-corrected chi connectivity index (χ4v) is 4.40. The Balaban J connectivity index is 2.33. The van der Waals surface area contributed by atoms with Crippen LogP contribution in [0.1, 0.15) is 37.5 Å².